The Bertz CT molecular complexity index is 1170. The molecule has 0 amide bonds. The maximum atomic E-state index is 6.61. The van der Waals surface area contributed by atoms with E-state index in [1.807, 2.05) is 97.1 Å². The molecule has 4 aromatic rings. The number of hydrogen-bond acceptors (Lipinski definition) is 2. The van der Waals surface area contributed by atoms with E-state index in [2.05, 4.69) is 0 Å². The Labute approximate surface area is 217 Å². The van der Waals surface area contributed by atoms with E-state index in [4.69, 9.17) is 55.9 Å². The second kappa shape index (κ2) is 9.77. The maximum absolute atomic E-state index is 6.61. The summed E-state index contributed by atoms with van der Waals surface area (Å²) < 4.78 is 13.2. The first-order chi connectivity index (χ1) is 16.5. The van der Waals surface area contributed by atoms with Crippen LogP contribution in [0.4, 0.5) is 0 Å². The van der Waals surface area contributed by atoms with Crippen LogP contribution in [0.25, 0.3) is 23.0 Å². The van der Waals surface area contributed by atoms with E-state index in [9.17, 15) is 0 Å². The first kappa shape index (κ1) is 22.9. The van der Waals surface area contributed by atoms with Gasteiger partial charge in [-0.15, -0.1) is 0 Å². The Kier molecular flexibility index (Phi) is 6.58. The van der Waals surface area contributed by atoms with E-state index in [0.717, 1.165) is 22.3 Å². The topological polar surface area (TPSA) is 18.5 Å². The minimum atomic E-state index is 0.557. The first-order valence-corrected chi connectivity index (χ1v) is 11.9. The summed E-state index contributed by atoms with van der Waals surface area (Å²) in [6.07, 6.45) is 0. The predicted molar refractivity (Wildman–Crippen MR) is 142 cm³/mol. The average Bonchev–Trinajstić information content (AvgIpc) is 2.85. The van der Waals surface area contributed by atoms with Gasteiger partial charge in [0.2, 0.25) is 0 Å². The molecule has 34 heavy (non-hydrogen) atoms. The van der Waals surface area contributed by atoms with Crippen molar-refractivity contribution < 1.29 is 9.47 Å². The highest BCUT2D eigenvalue weighted by Gasteiger charge is 2.29. The minimum Gasteiger partial charge on any atom is -0.448 e. The van der Waals surface area contributed by atoms with Gasteiger partial charge in [0, 0.05) is 42.3 Å². The fourth-order valence-corrected chi connectivity index (χ4v) is 4.06. The molecule has 0 N–H and O–H groups in total. The zero-order valence-corrected chi connectivity index (χ0v) is 20.6. The average molecular weight is 526 g/mol. The molecule has 0 spiro atoms. The van der Waals surface area contributed by atoms with Crippen LogP contribution >= 0.6 is 46.4 Å². The summed E-state index contributed by atoms with van der Waals surface area (Å²) in [5.74, 6) is 2.23. The van der Waals surface area contributed by atoms with E-state index in [0.29, 0.717) is 43.1 Å². The molecular weight excluding hydrogens is 510 g/mol. The van der Waals surface area contributed by atoms with Gasteiger partial charge in [-0.2, -0.15) is 0 Å². The number of ether oxygens (including phenoxy) is 2. The second-order valence-corrected chi connectivity index (χ2v) is 9.29. The van der Waals surface area contributed by atoms with Crippen molar-refractivity contribution in [1.82, 2.24) is 0 Å². The van der Waals surface area contributed by atoms with E-state index >= 15 is 0 Å². The van der Waals surface area contributed by atoms with Gasteiger partial charge in [-0.05, 0) is 97.1 Å². The molecule has 0 radical (unpaired) electrons. The highest BCUT2D eigenvalue weighted by Crippen LogP contribution is 2.44. The van der Waals surface area contributed by atoms with Crippen molar-refractivity contribution in [2.75, 3.05) is 0 Å². The summed E-state index contributed by atoms with van der Waals surface area (Å²) in [4.78, 5) is 0. The molecule has 0 saturated carbocycles. The number of benzene rings is 4. The third-order valence-electron chi connectivity index (χ3n) is 5.25. The summed E-state index contributed by atoms with van der Waals surface area (Å²) in [5.41, 5.74) is 3.26. The Balaban J connectivity index is 1.71. The van der Waals surface area contributed by atoms with Crippen molar-refractivity contribution >= 4 is 69.4 Å². The van der Waals surface area contributed by atoms with Crippen LogP contribution in [0.2, 0.25) is 20.1 Å². The van der Waals surface area contributed by atoms with Crippen molar-refractivity contribution in [3.63, 3.8) is 0 Å². The monoisotopic (exact) mass is 524 g/mol. The summed E-state index contributed by atoms with van der Waals surface area (Å²) >= 11 is 24.6. The molecule has 5 rings (SSSR count). The van der Waals surface area contributed by atoms with Crippen LogP contribution in [0.5, 0.6) is 0 Å². The maximum Gasteiger partial charge on any atom is 0.178 e. The second-order valence-electron chi connectivity index (χ2n) is 7.55. The third kappa shape index (κ3) is 4.82. The lowest BCUT2D eigenvalue weighted by Crippen LogP contribution is -2.09. The van der Waals surface area contributed by atoms with Gasteiger partial charge in [-0.25, -0.2) is 0 Å². The molecular formula is C28H16Cl4O2. The fraction of sp³-hybridized carbons (Fsp3) is 0. The minimum absolute atomic E-state index is 0.557. The van der Waals surface area contributed by atoms with Gasteiger partial charge in [0.05, 0.1) is 0 Å². The summed E-state index contributed by atoms with van der Waals surface area (Å²) in [6, 6.07) is 29.6. The van der Waals surface area contributed by atoms with E-state index < -0.39 is 0 Å². The van der Waals surface area contributed by atoms with E-state index in [-0.39, 0.29) is 0 Å². The van der Waals surface area contributed by atoms with Crippen LogP contribution in [-0.2, 0) is 9.47 Å². The van der Waals surface area contributed by atoms with Gasteiger partial charge in [0.1, 0.15) is 0 Å². The van der Waals surface area contributed by atoms with Crippen molar-refractivity contribution in [1.29, 1.82) is 0 Å². The summed E-state index contributed by atoms with van der Waals surface area (Å²) in [7, 11) is 0. The smallest absolute Gasteiger partial charge is 0.178 e. The molecule has 0 saturated heterocycles. The fourth-order valence-electron chi connectivity index (χ4n) is 3.55. The molecule has 6 heteroatoms. The largest absolute Gasteiger partial charge is 0.448 e. The quantitative estimate of drug-likeness (QED) is 0.264. The lowest BCUT2D eigenvalue weighted by atomic mass is 10.0. The number of halogens is 4. The van der Waals surface area contributed by atoms with Gasteiger partial charge in [-0.1, -0.05) is 46.4 Å². The van der Waals surface area contributed by atoms with Crippen LogP contribution in [0.15, 0.2) is 97.1 Å². The molecule has 1 aliphatic heterocycles. The van der Waals surface area contributed by atoms with Crippen LogP contribution in [0.3, 0.4) is 0 Å². The molecule has 168 valence electrons. The normalized spacial score (nSPS) is 13.5. The molecule has 0 bridgehead atoms. The number of hydrogen-bond donors (Lipinski definition) is 0. The highest BCUT2D eigenvalue weighted by atomic mass is 35.5. The summed E-state index contributed by atoms with van der Waals surface area (Å²) in [5, 5.41) is 2.52. The van der Waals surface area contributed by atoms with Crippen molar-refractivity contribution in [3.8, 4) is 0 Å². The molecule has 0 unspecified atom stereocenters. The molecule has 0 atom stereocenters. The Hall–Kier alpha value is -2.88. The molecule has 1 aliphatic rings. The van der Waals surface area contributed by atoms with Gasteiger partial charge in [0.15, 0.2) is 23.0 Å². The highest BCUT2D eigenvalue weighted by molar-refractivity contribution is 6.31. The summed E-state index contributed by atoms with van der Waals surface area (Å²) in [6.45, 7) is 0. The van der Waals surface area contributed by atoms with Crippen LogP contribution in [0, 0.1) is 0 Å². The van der Waals surface area contributed by atoms with Gasteiger partial charge in [-0.3, -0.25) is 0 Å². The zero-order chi connectivity index (χ0) is 23.7. The van der Waals surface area contributed by atoms with Crippen molar-refractivity contribution in [3.05, 3.63) is 139 Å². The predicted octanol–water partition coefficient (Wildman–Crippen LogP) is 9.70. The van der Waals surface area contributed by atoms with Gasteiger partial charge < -0.3 is 9.47 Å². The molecule has 1 heterocycles. The van der Waals surface area contributed by atoms with Gasteiger partial charge >= 0.3 is 0 Å². The lowest BCUT2D eigenvalue weighted by molar-refractivity contribution is 0.381. The standard InChI is InChI=1S/C28H16Cl4O2/c29-21-9-1-17(2-10-21)25-26(18-3-11-22(30)12-4-18)34-28(20-7-15-24(32)16-8-20)27(33-25)19-5-13-23(31)14-6-19/h1-16H. The lowest BCUT2D eigenvalue weighted by Gasteiger charge is -2.27. The van der Waals surface area contributed by atoms with Gasteiger partial charge in [0.25, 0.3) is 0 Å². The van der Waals surface area contributed by atoms with E-state index in [1.54, 1.807) is 0 Å². The van der Waals surface area contributed by atoms with Crippen molar-refractivity contribution in [2.24, 2.45) is 0 Å². The first-order valence-electron chi connectivity index (χ1n) is 10.4. The molecule has 0 fully saturated rings. The molecule has 0 aliphatic carbocycles. The molecule has 4 aromatic carbocycles. The van der Waals surface area contributed by atoms with Crippen molar-refractivity contribution in [2.45, 2.75) is 0 Å². The van der Waals surface area contributed by atoms with Crippen LogP contribution < -0.4 is 0 Å². The van der Waals surface area contributed by atoms with Crippen LogP contribution in [-0.4, -0.2) is 0 Å². The molecule has 2 nitrogen and oxygen atoms in total. The third-order valence-corrected chi connectivity index (χ3v) is 6.25. The van der Waals surface area contributed by atoms with Crippen LogP contribution in [0.1, 0.15) is 22.3 Å². The Morgan fingerprint density at radius 3 is 0.647 bits per heavy atom. The number of rotatable bonds is 4. The molecule has 0 aromatic heterocycles. The SMILES string of the molecule is Clc1ccc(C2=C(c3ccc(Cl)cc3)OC(c3ccc(Cl)cc3)=C(c3ccc(Cl)cc3)O2)cc1. The van der Waals surface area contributed by atoms with E-state index in [1.165, 1.54) is 0 Å². The Morgan fingerprint density at radius 2 is 0.471 bits per heavy atom. The zero-order valence-electron chi connectivity index (χ0n) is 17.6. The Morgan fingerprint density at radius 1 is 0.294 bits per heavy atom.